The molecular formula is C18H17ClN2O4. The molecular weight excluding hydrogens is 344 g/mol. The van der Waals surface area contributed by atoms with E-state index in [2.05, 4.69) is 5.18 Å². The molecule has 0 bridgehead atoms. The van der Waals surface area contributed by atoms with Gasteiger partial charge in [0.15, 0.2) is 17.2 Å². The van der Waals surface area contributed by atoms with Crippen LogP contribution in [0.2, 0.25) is 5.02 Å². The third-order valence-corrected chi connectivity index (χ3v) is 4.15. The van der Waals surface area contributed by atoms with Crippen LogP contribution in [0.1, 0.15) is 6.42 Å². The lowest BCUT2D eigenvalue weighted by Gasteiger charge is -2.11. The molecule has 3 rings (SSSR count). The third-order valence-electron chi connectivity index (χ3n) is 3.92. The number of methoxy groups -OCH3 is 1. The first-order valence-corrected chi connectivity index (χ1v) is 8.13. The Morgan fingerprint density at radius 1 is 1.20 bits per heavy atom. The van der Waals surface area contributed by atoms with Gasteiger partial charge in [-0.2, -0.15) is 0 Å². The minimum Gasteiger partial charge on any atom is -0.493 e. The largest absolute Gasteiger partial charge is 0.493 e. The normalized spacial score (nSPS) is 10.8. The summed E-state index contributed by atoms with van der Waals surface area (Å²) in [7, 11) is 1.59. The number of fused-ring (bicyclic) bond motifs is 1. The van der Waals surface area contributed by atoms with Crippen molar-refractivity contribution < 1.29 is 14.6 Å². The van der Waals surface area contributed by atoms with Gasteiger partial charge < -0.3 is 19.1 Å². The standard InChI is InChI=1S/C18H17ClN2O4/c1-24-15-5-2-3-6-16(15)25-10-4-9-21-14-11-12(19)7-8-13(14)17(20-23)18(21)22/h2-3,5-8,11,22H,4,9-10H2,1H3. The van der Waals surface area contributed by atoms with Gasteiger partial charge in [-0.25, -0.2) is 0 Å². The molecule has 0 atom stereocenters. The van der Waals surface area contributed by atoms with Gasteiger partial charge >= 0.3 is 0 Å². The van der Waals surface area contributed by atoms with Crippen LogP contribution in [0.25, 0.3) is 10.9 Å². The number of halogens is 1. The number of aryl methyl sites for hydroxylation is 1. The number of rotatable bonds is 7. The number of para-hydroxylation sites is 2. The molecule has 3 aromatic rings. The average Bonchev–Trinajstić information content (AvgIpc) is 2.89. The summed E-state index contributed by atoms with van der Waals surface area (Å²) in [6, 6.07) is 12.4. The minimum absolute atomic E-state index is 0.0253. The first-order valence-electron chi connectivity index (χ1n) is 7.75. The first kappa shape index (κ1) is 17.1. The molecule has 7 heteroatoms. The van der Waals surface area contributed by atoms with Crippen molar-refractivity contribution in [1.29, 1.82) is 0 Å². The molecule has 0 radical (unpaired) electrons. The van der Waals surface area contributed by atoms with E-state index in [1.54, 1.807) is 29.9 Å². The number of hydrogen-bond donors (Lipinski definition) is 1. The van der Waals surface area contributed by atoms with Crippen molar-refractivity contribution in [3.05, 3.63) is 52.4 Å². The van der Waals surface area contributed by atoms with Crippen LogP contribution in [-0.4, -0.2) is 23.4 Å². The van der Waals surface area contributed by atoms with Crippen LogP contribution in [0.5, 0.6) is 17.4 Å². The summed E-state index contributed by atoms with van der Waals surface area (Å²) in [5.41, 5.74) is 0.689. The van der Waals surface area contributed by atoms with Gasteiger partial charge in [0, 0.05) is 17.0 Å². The summed E-state index contributed by atoms with van der Waals surface area (Å²) in [6.45, 7) is 0.872. The zero-order valence-corrected chi connectivity index (χ0v) is 14.4. The van der Waals surface area contributed by atoms with Crippen molar-refractivity contribution in [3.63, 3.8) is 0 Å². The van der Waals surface area contributed by atoms with Crippen LogP contribution in [0.3, 0.4) is 0 Å². The van der Waals surface area contributed by atoms with Gasteiger partial charge in [0.2, 0.25) is 5.88 Å². The van der Waals surface area contributed by atoms with Crippen molar-refractivity contribution in [2.75, 3.05) is 13.7 Å². The molecule has 0 amide bonds. The van der Waals surface area contributed by atoms with E-state index in [1.165, 1.54) is 0 Å². The van der Waals surface area contributed by atoms with Gasteiger partial charge in [0.05, 0.1) is 19.2 Å². The molecule has 6 nitrogen and oxygen atoms in total. The van der Waals surface area contributed by atoms with Gasteiger partial charge in [-0.1, -0.05) is 23.7 Å². The second-order valence-corrected chi connectivity index (χ2v) is 5.87. The number of nitroso groups, excluding NO2 is 1. The SMILES string of the molecule is COc1ccccc1OCCCn1c(O)c(N=O)c2ccc(Cl)cc21. The highest BCUT2D eigenvalue weighted by atomic mass is 35.5. The van der Waals surface area contributed by atoms with Gasteiger partial charge in [-0.3, -0.25) is 0 Å². The Bertz CT molecular complexity index is 907. The fourth-order valence-corrected chi connectivity index (χ4v) is 2.92. The highest BCUT2D eigenvalue weighted by Gasteiger charge is 2.17. The topological polar surface area (TPSA) is 73.1 Å². The number of aromatic hydroxyl groups is 1. The van der Waals surface area contributed by atoms with E-state index in [0.717, 1.165) is 0 Å². The van der Waals surface area contributed by atoms with E-state index in [1.807, 2.05) is 24.3 Å². The van der Waals surface area contributed by atoms with E-state index < -0.39 is 0 Å². The lowest BCUT2D eigenvalue weighted by molar-refractivity contribution is 0.280. The molecule has 0 unspecified atom stereocenters. The summed E-state index contributed by atoms with van der Waals surface area (Å²) in [4.78, 5) is 11.0. The lowest BCUT2D eigenvalue weighted by atomic mass is 10.2. The van der Waals surface area contributed by atoms with Gasteiger partial charge in [-0.05, 0) is 41.9 Å². The predicted molar refractivity (Wildman–Crippen MR) is 97.2 cm³/mol. The van der Waals surface area contributed by atoms with Crippen LogP contribution in [0, 0.1) is 4.91 Å². The minimum atomic E-state index is -0.162. The Balaban J connectivity index is 1.74. The Kier molecular flexibility index (Phi) is 5.09. The van der Waals surface area contributed by atoms with Crippen LogP contribution < -0.4 is 9.47 Å². The van der Waals surface area contributed by atoms with Gasteiger partial charge in [-0.15, -0.1) is 4.91 Å². The number of benzene rings is 2. The molecule has 0 aliphatic rings. The van der Waals surface area contributed by atoms with Crippen molar-refractivity contribution in [2.24, 2.45) is 5.18 Å². The molecule has 1 heterocycles. The Labute approximate surface area is 149 Å². The summed E-state index contributed by atoms with van der Waals surface area (Å²) in [6.07, 6.45) is 0.611. The highest BCUT2D eigenvalue weighted by Crippen LogP contribution is 2.39. The summed E-state index contributed by atoms with van der Waals surface area (Å²) < 4.78 is 12.6. The molecule has 130 valence electrons. The van der Waals surface area contributed by atoms with Gasteiger partial charge in [0.1, 0.15) is 0 Å². The molecule has 0 fully saturated rings. The van der Waals surface area contributed by atoms with Crippen LogP contribution >= 0.6 is 11.6 Å². The molecule has 0 aliphatic heterocycles. The Hall–Kier alpha value is -2.73. The van der Waals surface area contributed by atoms with Crippen molar-refractivity contribution in [2.45, 2.75) is 13.0 Å². The van der Waals surface area contributed by atoms with Crippen molar-refractivity contribution in [1.82, 2.24) is 4.57 Å². The van der Waals surface area contributed by atoms with E-state index in [9.17, 15) is 10.0 Å². The molecule has 2 aromatic carbocycles. The van der Waals surface area contributed by atoms with Crippen molar-refractivity contribution >= 4 is 28.2 Å². The quantitative estimate of drug-likeness (QED) is 0.481. The van der Waals surface area contributed by atoms with E-state index >= 15 is 0 Å². The van der Waals surface area contributed by atoms with E-state index in [-0.39, 0.29) is 11.6 Å². The predicted octanol–water partition coefficient (Wildman–Crippen LogP) is 4.88. The third kappa shape index (κ3) is 3.39. The second-order valence-electron chi connectivity index (χ2n) is 5.43. The zero-order chi connectivity index (χ0) is 17.8. The first-order chi connectivity index (χ1) is 12.2. The number of aromatic nitrogens is 1. The zero-order valence-electron chi connectivity index (χ0n) is 13.6. The van der Waals surface area contributed by atoms with E-state index in [4.69, 9.17) is 21.1 Å². The van der Waals surface area contributed by atoms with Crippen LogP contribution in [0.4, 0.5) is 5.69 Å². The van der Waals surface area contributed by atoms with Crippen LogP contribution in [0.15, 0.2) is 47.6 Å². The van der Waals surface area contributed by atoms with Crippen molar-refractivity contribution in [3.8, 4) is 17.4 Å². The molecule has 0 aliphatic carbocycles. The molecule has 1 N–H and O–H groups in total. The Morgan fingerprint density at radius 2 is 1.96 bits per heavy atom. The maximum absolute atomic E-state index is 11.0. The number of ether oxygens (including phenoxy) is 2. The maximum Gasteiger partial charge on any atom is 0.222 e. The summed E-state index contributed by atoms with van der Waals surface area (Å²) in [5, 5.41) is 14.3. The molecule has 0 saturated heterocycles. The maximum atomic E-state index is 11.0. The molecule has 1 aromatic heterocycles. The lowest BCUT2D eigenvalue weighted by Crippen LogP contribution is -2.05. The number of hydrogen-bond acceptors (Lipinski definition) is 5. The van der Waals surface area contributed by atoms with Gasteiger partial charge in [0.25, 0.3) is 0 Å². The molecule has 0 saturated carbocycles. The fourth-order valence-electron chi connectivity index (χ4n) is 2.75. The summed E-state index contributed by atoms with van der Waals surface area (Å²) in [5.74, 6) is 1.16. The number of nitrogens with zero attached hydrogens (tertiary/aromatic N) is 2. The molecule has 0 spiro atoms. The Morgan fingerprint density at radius 3 is 2.68 bits per heavy atom. The highest BCUT2D eigenvalue weighted by molar-refractivity contribution is 6.31. The van der Waals surface area contributed by atoms with Crippen LogP contribution in [-0.2, 0) is 6.54 Å². The molecule has 25 heavy (non-hydrogen) atoms. The average molecular weight is 361 g/mol. The van der Waals surface area contributed by atoms with E-state index in [0.29, 0.717) is 47.0 Å². The smallest absolute Gasteiger partial charge is 0.222 e. The summed E-state index contributed by atoms with van der Waals surface area (Å²) >= 11 is 6.03. The second kappa shape index (κ2) is 7.44. The fraction of sp³-hybridized carbons (Fsp3) is 0.222. The monoisotopic (exact) mass is 360 g/mol.